The number of alkyl halides is 5. The fraction of sp³-hybridized carbons (Fsp3) is 0.250. The summed E-state index contributed by atoms with van der Waals surface area (Å²) in [6.45, 7) is 0. The van der Waals surface area contributed by atoms with E-state index in [0.717, 1.165) is 0 Å². The van der Waals surface area contributed by atoms with E-state index in [1.165, 1.54) is 6.07 Å². The zero-order valence-corrected chi connectivity index (χ0v) is 8.48. The zero-order valence-electron chi connectivity index (χ0n) is 7.73. The third kappa shape index (κ3) is 3.42. The predicted molar refractivity (Wildman–Crippen MR) is 45.6 cm³/mol. The van der Waals surface area contributed by atoms with Gasteiger partial charge in [-0.3, -0.25) is 0 Å². The first-order chi connectivity index (χ1) is 7.74. The molecule has 0 saturated heterocycles. The molecule has 0 aliphatic heterocycles. The highest BCUT2D eigenvalue weighted by Crippen LogP contribution is 2.33. The third-order valence-electron chi connectivity index (χ3n) is 1.54. The average molecular weight is 273 g/mol. The van der Waals surface area contributed by atoms with Crippen molar-refractivity contribution in [2.24, 2.45) is 0 Å². The van der Waals surface area contributed by atoms with Crippen LogP contribution in [-0.2, 0) is 0 Å². The summed E-state index contributed by atoms with van der Waals surface area (Å²) in [6, 6.07) is 1.63. The Bertz CT molecular complexity index is 468. The highest BCUT2D eigenvalue weighted by Gasteiger charge is 2.33. The number of nitrogens with zero attached hydrogens (tertiary/aromatic N) is 2. The summed E-state index contributed by atoms with van der Waals surface area (Å²) in [7, 11) is 0. The van der Waals surface area contributed by atoms with Crippen LogP contribution in [0, 0.1) is 11.3 Å². The Balaban J connectivity index is 3.26. The molecule has 17 heavy (non-hydrogen) atoms. The first-order valence-electron chi connectivity index (χ1n) is 3.89. The van der Waals surface area contributed by atoms with E-state index in [1.807, 2.05) is 0 Å². The average Bonchev–Trinajstić information content (AvgIpc) is 2.18. The van der Waals surface area contributed by atoms with Crippen LogP contribution in [0.25, 0.3) is 0 Å². The summed E-state index contributed by atoms with van der Waals surface area (Å²) >= 11 is 5.26. The molecule has 0 atom stereocenters. The summed E-state index contributed by atoms with van der Waals surface area (Å²) < 4.78 is 63.8. The number of rotatable bonds is 2. The lowest BCUT2D eigenvalue weighted by molar-refractivity contribution is -0.274. The van der Waals surface area contributed by atoms with E-state index in [4.69, 9.17) is 16.9 Å². The number of ether oxygens (including phenoxy) is 1. The van der Waals surface area contributed by atoms with Gasteiger partial charge in [-0.2, -0.15) is 5.26 Å². The van der Waals surface area contributed by atoms with Crippen LogP contribution in [0.3, 0.4) is 0 Å². The highest BCUT2D eigenvalue weighted by atomic mass is 35.5. The van der Waals surface area contributed by atoms with Crippen LogP contribution < -0.4 is 4.74 Å². The molecule has 0 unspecified atom stereocenters. The Hall–Kier alpha value is -1.62. The Labute approximate surface area is 96.4 Å². The Morgan fingerprint density at radius 1 is 1.41 bits per heavy atom. The lowest BCUT2D eigenvalue weighted by atomic mass is 10.2. The van der Waals surface area contributed by atoms with Crippen LogP contribution in [0.1, 0.15) is 17.7 Å². The van der Waals surface area contributed by atoms with Crippen molar-refractivity contribution in [2.45, 2.75) is 12.8 Å². The molecule has 0 N–H and O–H groups in total. The molecule has 1 aromatic rings. The lowest BCUT2D eigenvalue weighted by Crippen LogP contribution is -2.18. The Kier molecular flexibility index (Phi) is 3.72. The fourth-order valence-electron chi connectivity index (χ4n) is 0.939. The molecule has 9 heteroatoms. The summed E-state index contributed by atoms with van der Waals surface area (Å²) in [4.78, 5) is 3.10. The quantitative estimate of drug-likeness (QED) is 0.612. The topological polar surface area (TPSA) is 45.9 Å². The monoisotopic (exact) mass is 272 g/mol. The minimum absolute atomic E-state index is 0.339. The molecule has 0 radical (unpaired) electrons. The highest BCUT2D eigenvalue weighted by molar-refractivity contribution is 6.30. The predicted octanol–water partition coefficient (Wildman–Crippen LogP) is 3.44. The number of pyridine rings is 1. The van der Waals surface area contributed by atoms with Gasteiger partial charge < -0.3 is 4.74 Å². The van der Waals surface area contributed by atoms with E-state index in [0.29, 0.717) is 6.07 Å². The van der Waals surface area contributed by atoms with Gasteiger partial charge in [-0.15, -0.1) is 13.2 Å². The van der Waals surface area contributed by atoms with Gasteiger partial charge in [0.05, 0.1) is 5.56 Å². The Morgan fingerprint density at radius 3 is 2.41 bits per heavy atom. The molecule has 1 aromatic heterocycles. The number of halogens is 6. The molecule has 0 spiro atoms. The third-order valence-corrected chi connectivity index (χ3v) is 1.81. The number of nitriles is 1. The van der Waals surface area contributed by atoms with Crippen LogP contribution in [0.5, 0.6) is 5.75 Å². The largest absolute Gasteiger partial charge is 0.573 e. The van der Waals surface area contributed by atoms with Crippen molar-refractivity contribution in [2.75, 3.05) is 0 Å². The molecular formula is C8H2ClF5N2O. The normalized spacial score (nSPS) is 11.4. The van der Waals surface area contributed by atoms with Gasteiger partial charge in [-0.1, -0.05) is 11.6 Å². The number of aromatic nitrogens is 1. The number of hydrogen-bond acceptors (Lipinski definition) is 3. The van der Waals surface area contributed by atoms with E-state index < -0.39 is 34.9 Å². The van der Waals surface area contributed by atoms with Gasteiger partial charge >= 0.3 is 6.36 Å². The van der Waals surface area contributed by atoms with Gasteiger partial charge in [-0.05, 0) is 6.07 Å². The minimum Gasteiger partial charge on any atom is -0.402 e. The fourth-order valence-corrected chi connectivity index (χ4v) is 1.12. The van der Waals surface area contributed by atoms with Gasteiger partial charge in [0.1, 0.15) is 6.07 Å². The molecular weight excluding hydrogens is 271 g/mol. The maximum absolute atomic E-state index is 12.4. The molecule has 0 fully saturated rings. The maximum Gasteiger partial charge on any atom is 0.573 e. The van der Waals surface area contributed by atoms with Gasteiger partial charge in [0.25, 0.3) is 6.43 Å². The maximum atomic E-state index is 12.4. The van der Waals surface area contributed by atoms with Gasteiger partial charge in [0.15, 0.2) is 16.6 Å². The van der Waals surface area contributed by atoms with Crippen molar-refractivity contribution in [3.8, 4) is 11.8 Å². The molecule has 1 heterocycles. The summed E-state index contributed by atoms with van der Waals surface area (Å²) in [5, 5.41) is 7.63. The molecule has 0 aliphatic carbocycles. The van der Waals surface area contributed by atoms with Crippen LogP contribution in [0.2, 0.25) is 5.15 Å². The molecule has 0 aliphatic rings. The van der Waals surface area contributed by atoms with Crippen LogP contribution in [-0.4, -0.2) is 11.3 Å². The van der Waals surface area contributed by atoms with Crippen LogP contribution in [0.15, 0.2) is 6.07 Å². The molecule has 0 aromatic carbocycles. The molecule has 0 bridgehead atoms. The van der Waals surface area contributed by atoms with Gasteiger partial charge in [0.2, 0.25) is 0 Å². The van der Waals surface area contributed by atoms with E-state index in [1.54, 1.807) is 0 Å². The van der Waals surface area contributed by atoms with Crippen molar-refractivity contribution in [3.63, 3.8) is 0 Å². The van der Waals surface area contributed by atoms with E-state index in [9.17, 15) is 22.0 Å². The van der Waals surface area contributed by atoms with Crippen molar-refractivity contribution < 1.29 is 26.7 Å². The lowest BCUT2D eigenvalue weighted by Gasteiger charge is -2.11. The summed E-state index contributed by atoms with van der Waals surface area (Å²) in [5.74, 6) is -1.08. The standard InChI is InChI=1S/C8H2ClF5N2O/c9-6-5(17-8(12,13)14)1-3(7(10)11)4(2-15)16-6/h1,7H. The summed E-state index contributed by atoms with van der Waals surface area (Å²) in [5.41, 5.74) is -1.73. The van der Waals surface area contributed by atoms with Crippen molar-refractivity contribution >= 4 is 11.6 Å². The zero-order chi connectivity index (χ0) is 13.2. The second-order valence-corrected chi connectivity index (χ2v) is 3.03. The summed E-state index contributed by atoms with van der Waals surface area (Å²) in [6.07, 6.45) is -8.25. The molecule has 3 nitrogen and oxygen atoms in total. The molecule has 0 amide bonds. The second-order valence-electron chi connectivity index (χ2n) is 2.68. The van der Waals surface area contributed by atoms with Crippen LogP contribution in [0.4, 0.5) is 22.0 Å². The van der Waals surface area contributed by atoms with Gasteiger partial charge in [0, 0.05) is 0 Å². The SMILES string of the molecule is N#Cc1nc(Cl)c(OC(F)(F)F)cc1C(F)F. The first kappa shape index (κ1) is 13.4. The first-order valence-corrected chi connectivity index (χ1v) is 4.27. The molecule has 92 valence electrons. The van der Waals surface area contributed by atoms with Gasteiger partial charge in [-0.25, -0.2) is 13.8 Å². The van der Waals surface area contributed by atoms with Crippen molar-refractivity contribution in [3.05, 3.63) is 22.5 Å². The molecule has 0 saturated carbocycles. The molecule has 1 rings (SSSR count). The van der Waals surface area contributed by atoms with Crippen molar-refractivity contribution in [1.29, 1.82) is 5.26 Å². The number of hydrogen-bond donors (Lipinski definition) is 0. The van der Waals surface area contributed by atoms with Crippen LogP contribution >= 0.6 is 11.6 Å². The van der Waals surface area contributed by atoms with Crippen molar-refractivity contribution in [1.82, 2.24) is 4.98 Å². The van der Waals surface area contributed by atoms with E-state index >= 15 is 0 Å². The van der Waals surface area contributed by atoms with E-state index in [2.05, 4.69) is 9.72 Å². The second kappa shape index (κ2) is 4.71. The Morgan fingerprint density at radius 2 is 2.00 bits per heavy atom. The van der Waals surface area contributed by atoms with E-state index in [-0.39, 0.29) is 0 Å². The smallest absolute Gasteiger partial charge is 0.402 e. The minimum atomic E-state index is -5.08.